The van der Waals surface area contributed by atoms with E-state index in [9.17, 15) is 5.02 Å². The van der Waals surface area contributed by atoms with Gasteiger partial charge in [-0.1, -0.05) is 30.3 Å². The Kier molecular flexibility index (Phi) is 4.17. The Balaban J connectivity index is 1.93. The van der Waals surface area contributed by atoms with E-state index in [-0.39, 0.29) is 6.04 Å². The van der Waals surface area contributed by atoms with Gasteiger partial charge in [0.1, 0.15) is 0 Å². The summed E-state index contributed by atoms with van der Waals surface area (Å²) in [6.07, 6.45) is 3.44. The molecular formula is C13H17BN2O2. The summed E-state index contributed by atoms with van der Waals surface area (Å²) in [5.74, 6) is 0. The van der Waals surface area contributed by atoms with Gasteiger partial charge in [-0.05, 0) is 19.4 Å². The lowest BCUT2D eigenvalue weighted by molar-refractivity contribution is 0.259. The molecule has 4 nitrogen and oxygen atoms in total. The van der Waals surface area contributed by atoms with Gasteiger partial charge in [0.05, 0.1) is 6.61 Å². The second-order valence-electron chi connectivity index (χ2n) is 4.50. The van der Waals surface area contributed by atoms with E-state index < -0.39 is 7.12 Å². The molecule has 0 atom stereocenters. The molecule has 0 bridgehead atoms. The molecule has 0 amide bonds. The van der Waals surface area contributed by atoms with Crippen molar-refractivity contribution in [2.24, 2.45) is 0 Å². The molecule has 2 aromatic rings. The number of hydrogen-bond acceptors (Lipinski definition) is 3. The van der Waals surface area contributed by atoms with Crippen LogP contribution in [-0.2, 0) is 11.3 Å². The van der Waals surface area contributed by atoms with Crippen LogP contribution in [0, 0.1) is 0 Å². The van der Waals surface area contributed by atoms with E-state index in [1.54, 1.807) is 17.1 Å². The van der Waals surface area contributed by atoms with Crippen LogP contribution in [0.25, 0.3) is 0 Å². The minimum atomic E-state index is -0.933. The van der Waals surface area contributed by atoms with Crippen molar-refractivity contribution in [3.63, 3.8) is 0 Å². The van der Waals surface area contributed by atoms with Crippen LogP contribution in [0.4, 0.5) is 0 Å². The maximum atomic E-state index is 9.90. The lowest BCUT2D eigenvalue weighted by Crippen LogP contribution is -2.32. The lowest BCUT2D eigenvalue weighted by atomic mass is 9.82. The van der Waals surface area contributed by atoms with Gasteiger partial charge in [0.25, 0.3) is 0 Å². The fourth-order valence-corrected chi connectivity index (χ4v) is 1.61. The summed E-state index contributed by atoms with van der Waals surface area (Å²) in [5.41, 5.74) is 1.72. The molecule has 18 heavy (non-hydrogen) atoms. The topological polar surface area (TPSA) is 47.3 Å². The molecule has 1 aromatic heterocycles. The molecule has 0 aliphatic rings. The quantitative estimate of drug-likeness (QED) is 0.808. The van der Waals surface area contributed by atoms with Gasteiger partial charge in [-0.2, -0.15) is 5.10 Å². The zero-order chi connectivity index (χ0) is 13.0. The van der Waals surface area contributed by atoms with Gasteiger partial charge >= 0.3 is 7.12 Å². The van der Waals surface area contributed by atoms with Crippen molar-refractivity contribution < 1.29 is 9.68 Å². The molecule has 94 valence electrons. The summed E-state index contributed by atoms with van der Waals surface area (Å²) < 4.78 is 7.21. The molecule has 5 heteroatoms. The van der Waals surface area contributed by atoms with Gasteiger partial charge in [0.15, 0.2) is 0 Å². The Labute approximate surface area is 107 Å². The normalized spacial score (nSPS) is 10.9. The third-order valence-corrected chi connectivity index (χ3v) is 2.69. The van der Waals surface area contributed by atoms with Gasteiger partial charge in [-0.15, -0.1) is 0 Å². The summed E-state index contributed by atoms with van der Waals surface area (Å²) in [4.78, 5) is 0. The maximum absolute atomic E-state index is 9.90. The largest absolute Gasteiger partial charge is 0.494 e. The third kappa shape index (κ3) is 3.21. The first kappa shape index (κ1) is 12.9. The highest BCUT2D eigenvalue weighted by molar-refractivity contribution is 6.59. The minimum Gasteiger partial charge on any atom is -0.423 e. The van der Waals surface area contributed by atoms with Crippen LogP contribution in [0.5, 0.6) is 0 Å². The summed E-state index contributed by atoms with van der Waals surface area (Å²) in [7, 11) is -0.933. The van der Waals surface area contributed by atoms with Crippen molar-refractivity contribution >= 4 is 12.6 Å². The molecule has 0 fully saturated rings. The lowest BCUT2D eigenvalue weighted by Gasteiger charge is -2.07. The van der Waals surface area contributed by atoms with Crippen molar-refractivity contribution in [1.82, 2.24) is 9.78 Å². The van der Waals surface area contributed by atoms with Crippen molar-refractivity contribution in [2.45, 2.75) is 26.5 Å². The number of nitrogens with zero attached hydrogens (tertiary/aromatic N) is 2. The SMILES string of the molecule is CC(C)n1cc(B(O)OCc2ccccc2)cn1. The molecular weight excluding hydrogens is 227 g/mol. The Morgan fingerprint density at radius 3 is 2.67 bits per heavy atom. The van der Waals surface area contributed by atoms with E-state index in [1.807, 2.05) is 44.2 Å². The fraction of sp³-hybridized carbons (Fsp3) is 0.308. The first-order chi connectivity index (χ1) is 8.66. The highest BCUT2D eigenvalue weighted by Crippen LogP contribution is 2.03. The van der Waals surface area contributed by atoms with Crippen molar-refractivity contribution in [1.29, 1.82) is 0 Å². The molecule has 1 N–H and O–H groups in total. The average molecular weight is 244 g/mol. The van der Waals surface area contributed by atoms with Gasteiger partial charge in [-0.3, -0.25) is 4.68 Å². The Morgan fingerprint density at radius 1 is 1.33 bits per heavy atom. The van der Waals surface area contributed by atoms with Gasteiger partial charge < -0.3 is 9.68 Å². The van der Waals surface area contributed by atoms with Crippen LogP contribution in [0.2, 0.25) is 0 Å². The first-order valence-electron chi connectivity index (χ1n) is 6.04. The van der Waals surface area contributed by atoms with Crippen molar-refractivity contribution in [2.75, 3.05) is 0 Å². The molecule has 0 saturated carbocycles. The molecule has 1 heterocycles. The Hall–Kier alpha value is -1.59. The minimum absolute atomic E-state index is 0.278. The van der Waals surface area contributed by atoms with Crippen molar-refractivity contribution in [3.05, 3.63) is 48.3 Å². The van der Waals surface area contributed by atoms with Crippen LogP contribution in [0.15, 0.2) is 42.7 Å². The van der Waals surface area contributed by atoms with Gasteiger partial charge in [-0.25, -0.2) is 0 Å². The van der Waals surface area contributed by atoms with E-state index in [2.05, 4.69) is 5.10 Å². The second kappa shape index (κ2) is 5.84. The third-order valence-electron chi connectivity index (χ3n) is 2.69. The predicted octanol–water partition coefficient (Wildman–Crippen LogP) is 1.37. The second-order valence-corrected chi connectivity index (χ2v) is 4.50. The van der Waals surface area contributed by atoms with Crippen LogP contribution in [0.3, 0.4) is 0 Å². The standard InChI is InChI=1S/C13H17BN2O2/c1-11(2)16-9-13(8-15-16)14(17)18-10-12-6-4-3-5-7-12/h3-9,11,17H,10H2,1-2H3. The van der Waals surface area contributed by atoms with Crippen LogP contribution in [-0.4, -0.2) is 21.9 Å². The number of hydrogen-bond donors (Lipinski definition) is 1. The van der Waals surface area contributed by atoms with Crippen molar-refractivity contribution in [3.8, 4) is 0 Å². The van der Waals surface area contributed by atoms with Crippen LogP contribution in [0.1, 0.15) is 25.5 Å². The maximum Gasteiger partial charge on any atom is 0.494 e. The van der Waals surface area contributed by atoms with Crippen LogP contribution < -0.4 is 5.46 Å². The highest BCUT2D eigenvalue weighted by atomic mass is 16.5. The summed E-state index contributed by atoms with van der Waals surface area (Å²) >= 11 is 0. The Bertz CT molecular complexity index is 485. The molecule has 0 saturated heterocycles. The summed E-state index contributed by atoms with van der Waals surface area (Å²) in [6.45, 7) is 4.46. The van der Waals surface area contributed by atoms with Gasteiger partial charge in [0, 0.05) is 23.9 Å². The molecule has 0 aliphatic heterocycles. The summed E-state index contributed by atoms with van der Waals surface area (Å²) in [6, 6.07) is 10.0. The van der Waals surface area contributed by atoms with E-state index in [1.165, 1.54) is 0 Å². The zero-order valence-electron chi connectivity index (χ0n) is 10.7. The number of benzene rings is 1. The van der Waals surface area contributed by atoms with E-state index in [0.29, 0.717) is 12.1 Å². The van der Waals surface area contributed by atoms with Crippen LogP contribution >= 0.6 is 0 Å². The Morgan fingerprint density at radius 2 is 2.06 bits per heavy atom. The molecule has 0 spiro atoms. The van der Waals surface area contributed by atoms with Gasteiger partial charge in [0.2, 0.25) is 0 Å². The molecule has 0 unspecified atom stereocenters. The molecule has 2 rings (SSSR count). The number of rotatable bonds is 5. The summed E-state index contributed by atoms with van der Waals surface area (Å²) in [5, 5.41) is 14.1. The monoisotopic (exact) mass is 244 g/mol. The van der Waals surface area contributed by atoms with E-state index in [4.69, 9.17) is 4.65 Å². The fourth-order valence-electron chi connectivity index (χ4n) is 1.61. The smallest absolute Gasteiger partial charge is 0.423 e. The van der Waals surface area contributed by atoms with E-state index >= 15 is 0 Å². The number of aromatic nitrogens is 2. The molecule has 1 aromatic carbocycles. The zero-order valence-corrected chi connectivity index (χ0v) is 10.7. The predicted molar refractivity (Wildman–Crippen MR) is 71.4 cm³/mol. The van der Waals surface area contributed by atoms with E-state index in [0.717, 1.165) is 5.56 Å². The molecule has 0 radical (unpaired) electrons. The highest BCUT2D eigenvalue weighted by Gasteiger charge is 2.19. The first-order valence-corrected chi connectivity index (χ1v) is 6.04. The average Bonchev–Trinajstić information content (AvgIpc) is 2.87. The molecule has 0 aliphatic carbocycles.